The van der Waals surface area contributed by atoms with Crippen LogP contribution in [0, 0.1) is 0 Å². The summed E-state index contributed by atoms with van der Waals surface area (Å²) in [6.07, 6.45) is 4.23. The first kappa shape index (κ1) is 31.9. The smallest absolute Gasteiger partial charge is 0.261 e. The van der Waals surface area contributed by atoms with Crippen LogP contribution in [0.5, 0.6) is 0 Å². The van der Waals surface area contributed by atoms with Gasteiger partial charge in [0.25, 0.3) is 23.6 Å². The maximum Gasteiger partial charge on any atom is 0.261 e. The van der Waals surface area contributed by atoms with Crippen molar-refractivity contribution in [1.29, 1.82) is 0 Å². The monoisotopic (exact) mass is 654 g/mol. The molecule has 2 aliphatic rings. The van der Waals surface area contributed by atoms with Crippen LogP contribution < -0.4 is 10.6 Å². The second kappa shape index (κ2) is 14.2. The first-order valence-corrected chi connectivity index (χ1v) is 18.5. The number of carbonyl (C=O) groups excluding carboxylic acids is 4. The fourth-order valence-corrected chi connectivity index (χ4v) is 8.09. The molecule has 4 aromatic rings. The molecule has 0 aliphatic carbocycles. The van der Waals surface area contributed by atoms with Gasteiger partial charge < -0.3 is 10.6 Å². The third-order valence-electron chi connectivity index (χ3n) is 8.55. The first-order valence-electron chi connectivity index (χ1n) is 16.0. The highest BCUT2D eigenvalue weighted by Crippen LogP contribution is 2.36. The normalized spacial score (nSPS) is 14.1. The number of unbranched alkanes of at least 4 members (excludes halogenated alkanes) is 2. The molecule has 10 heteroatoms. The summed E-state index contributed by atoms with van der Waals surface area (Å²) in [7, 11) is 3.05. The van der Waals surface area contributed by atoms with E-state index in [-0.39, 0.29) is 36.7 Å². The van der Waals surface area contributed by atoms with Crippen LogP contribution in [0.2, 0.25) is 0 Å². The summed E-state index contributed by atoms with van der Waals surface area (Å²) >= 11 is 0. The Labute approximate surface area is 277 Å². The van der Waals surface area contributed by atoms with E-state index in [2.05, 4.69) is 24.5 Å². The Morgan fingerprint density at radius 3 is 1.33 bits per heavy atom. The summed E-state index contributed by atoms with van der Waals surface area (Å²) in [5, 5.41) is 10.1. The van der Waals surface area contributed by atoms with Crippen LogP contribution in [0.15, 0.2) is 60.7 Å². The summed E-state index contributed by atoms with van der Waals surface area (Å²) in [4.78, 5) is 56.4. The molecule has 0 saturated heterocycles. The zero-order valence-corrected chi connectivity index (χ0v) is 27.8. The average Bonchev–Trinajstić information content (AvgIpc) is 3.07. The number of nitrogens with one attached hydrogen (secondary N) is 2. The van der Waals surface area contributed by atoms with Gasteiger partial charge in [-0.2, -0.15) is 0 Å². The number of imide groups is 2. The van der Waals surface area contributed by atoms with E-state index in [1.54, 1.807) is 12.1 Å². The van der Waals surface area contributed by atoms with Crippen LogP contribution in [-0.2, 0) is 0 Å². The van der Waals surface area contributed by atoms with E-state index >= 15 is 0 Å². The molecule has 2 N–H and O–H groups in total. The number of carbonyl (C=O) groups is 4. The molecule has 0 unspecified atom stereocenters. The molecule has 0 bridgehead atoms. The molecule has 0 spiro atoms. The highest BCUT2D eigenvalue weighted by molar-refractivity contribution is 8.76. The Bertz CT molecular complexity index is 1660. The van der Waals surface area contributed by atoms with Crippen LogP contribution in [0.25, 0.3) is 21.5 Å². The van der Waals surface area contributed by atoms with Crippen molar-refractivity contribution in [3.63, 3.8) is 0 Å². The van der Waals surface area contributed by atoms with Crippen LogP contribution in [0.4, 0.5) is 11.4 Å². The van der Waals surface area contributed by atoms with Crippen molar-refractivity contribution in [2.75, 3.05) is 48.3 Å². The van der Waals surface area contributed by atoms with E-state index in [0.717, 1.165) is 71.7 Å². The molecule has 2 heterocycles. The SMILES string of the molecule is CCCCNc1ccc2c3c(cccc13)C(=O)N(CCSSCCN1C(=O)c3cccc4c(NCCCC)ccc(c34)C1=O)C2=O. The van der Waals surface area contributed by atoms with Gasteiger partial charge in [0.1, 0.15) is 0 Å². The fraction of sp³-hybridized carbons (Fsp3) is 0.333. The maximum absolute atomic E-state index is 13.4. The molecule has 46 heavy (non-hydrogen) atoms. The van der Waals surface area contributed by atoms with Crippen molar-refractivity contribution >= 4 is 78.1 Å². The van der Waals surface area contributed by atoms with Crippen molar-refractivity contribution < 1.29 is 19.2 Å². The number of hydrogen-bond donors (Lipinski definition) is 2. The minimum atomic E-state index is -0.277. The fourth-order valence-electron chi connectivity index (χ4n) is 6.18. The molecule has 0 aromatic heterocycles. The molecule has 8 nitrogen and oxygen atoms in total. The van der Waals surface area contributed by atoms with Crippen molar-refractivity contribution in [3.05, 3.63) is 82.9 Å². The van der Waals surface area contributed by atoms with Gasteiger partial charge in [0.2, 0.25) is 0 Å². The summed E-state index contributed by atoms with van der Waals surface area (Å²) < 4.78 is 0. The predicted molar refractivity (Wildman–Crippen MR) is 190 cm³/mol. The van der Waals surface area contributed by atoms with E-state index in [1.165, 1.54) is 31.4 Å². The van der Waals surface area contributed by atoms with E-state index in [4.69, 9.17) is 0 Å². The van der Waals surface area contributed by atoms with Crippen molar-refractivity contribution in [2.45, 2.75) is 39.5 Å². The molecule has 6 rings (SSSR count). The lowest BCUT2D eigenvalue weighted by molar-refractivity contribution is 0.0605. The lowest BCUT2D eigenvalue weighted by atomic mass is 9.93. The molecule has 0 saturated carbocycles. The Balaban J connectivity index is 1.05. The maximum atomic E-state index is 13.4. The quantitative estimate of drug-likeness (QED) is 0.0765. The minimum absolute atomic E-state index is 0.271. The molecule has 0 atom stereocenters. The highest BCUT2D eigenvalue weighted by atomic mass is 33.1. The van der Waals surface area contributed by atoms with Crippen LogP contribution in [0.1, 0.15) is 81.0 Å². The summed E-state index contributed by atoms with van der Waals surface area (Å²) in [6.45, 7) is 6.49. The molecule has 2 aliphatic heterocycles. The number of nitrogens with zero attached hydrogens (tertiary/aromatic N) is 2. The Kier molecular flexibility index (Phi) is 9.84. The molecule has 0 fully saturated rings. The Morgan fingerprint density at radius 2 is 0.935 bits per heavy atom. The predicted octanol–water partition coefficient (Wildman–Crippen LogP) is 7.69. The standard InChI is InChI=1S/C36H38N4O4S2/c1-3-5-17-37-29-15-13-27-31-23(29)9-7-11-25(31)33(41)39(35(27)43)19-21-45-46-22-20-40-34(42)26-12-8-10-24-30(38-18-6-4-2)16-14-28(32(24)26)36(40)44/h7-16,37-38H,3-6,17-22H2,1-2H3. The van der Waals surface area contributed by atoms with Gasteiger partial charge >= 0.3 is 0 Å². The largest absolute Gasteiger partial charge is 0.385 e. The van der Waals surface area contributed by atoms with E-state index in [0.29, 0.717) is 33.8 Å². The summed E-state index contributed by atoms with van der Waals surface area (Å²) in [6, 6.07) is 18.7. The minimum Gasteiger partial charge on any atom is -0.385 e. The van der Waals surface area contributed by atoms with Gasteiger partial charge in [0, 0.05) is 92.9 Å². The zero-order valence-electron chi connectivity index (χ0n) is 26.2. The number of benzene rings is 4. The van der Waals surface area contributed by atoms with Gasteiger partial charge in [-0.1, -0.05) is 72.5 Å². The van der Waals surface area contributed by atoms with E-state index in [1.807, 2.05) is 48.5 Å². The van der Waals surface area contributed by atoms with Gasteiger partial charge in [0.15, 0.2) is 0 Å². The number of hydrogen-bond acceptors (Lipinski definition) is 8. The van der Waals surface area contributed by atoms with Crippen LogP contribution >= 0.6 is 21.6 Å². The molecule has 4 aromatic carbocycles. The van der Waals surface area contributed by atoms with Crippen molar-refractivity contribution in [2.24, 2.45) is 0 Å². The molecular formula is C36H38N4O4S2. The Morgan fingerprint density at radius 1 is 0.543 bits per heavy atom. The topological polar surface area (TPSA) is 98.8 Å². The lowest BCUT2D eigenvalue weighted by Crippen LogP contribution is -2.42. The van der Waals surface area contributed by atoms with Crippen molar-refractivity contribution in [1.82, 2.24) is 9.80 Å². The number of amides is 4. The Hall–Kier alpha value is -4.02. The number of rotatable bonds is 15. The third kappa shape index (κ3) is 5.96. The van der Waals surface area contributed by atoms with E-state index in [9.17, 15) is 19.2 Å². The van der Waals surface area contributed by atoms with Crippen LogP contribution in [-0.4, -0.2) is 71.1 Å². The number of anilines is 2. The van der Waals surface area contributed by atoms with Gasteiger partial charge in [-0.05, 0) is 49.2 Å². The van der Waals surface area contributed by atoms with Gasteiger partial charge in [-0.15, -0.1) is 0 Å². The second-order valence-electron chi connectivity index (χ2n) is 11.5. The zero-order chi connectivity index (χ0) is 32.2. The molecule has 0 radical (unpaired) electrons. The first-order chi connectivity index (χ1) is 22.5. The molecular weight excluding hydrogens is 617 g/mol. The average molecular weight is 655 g/mol. The lowest BCUT2D eigenvalue weighted by Gasteiger charge is -2.28. The second-order valence-corrected chi connectivity index (χ2v) is 14.2. The van der Waals surface area contributed by atoms with Gasteiger partial charge in [0.05, 0.1) is 0 Å². The van der Waals surface area contributed by atoms with Gasteiger partial charge in [-0.3, -0.25) is 29.0 Å². The molecule has 4 amide bonds. The third-order valence-corrected chi connectivity index (χ3v) is 10.9. The van der Waals surface area contributed by atoms with Gasteiger partial charge in [-0.25, -0.2) is 0 Å². The van der Waals surface area contributed by atoms with E-state index < -0.39 is 0 Å². The summed E-state index contributed by atoms with van der Waals surface area (Å²) in [5.74, 6) is -0.0499. The van der Waals surface area contributed by atoms with Crippen LogP contribution in [0.3, 0.4) is 0 Å². The van der Waals surface area contributed by atoms with Crippen molar-refractivity contribution in [3.8, 4) is 0 Å². The highest BCUT2D eigenvalue weighted by Gasteiger charge is 2.34. The summed E-state index contributed by atoms with van der Waals surface area (Å²) in [5.41, 5.74) is 4.06. The molecule has 238 valence electrons.